The van der Waals surface area contributed by atoms with E-state index in [1.54, 1.807) is 0 Å². The smallest absolute Gasteiger partial charge is 0.119 e. The van der Waals surface area contributed by atoms with Gasteiger partial charge in [0, 0.05) is 4.47 Å². The van der Waals surface area contributed by atoms with Crippen LogP contribution in [0.3, 0.4) is 0 Å². The molecule has 0 aliphatic heterocycles. The summed E-state index contributed by atoms with van der Waals surface area (Å²) in [6.45, 7) is 9.38. The summed E-state index contributed by atoms with van der Waals surface area (Å²) in [5, 5.41) is 3.40. The van der Waals surface area contributed by atoms with Gasteiger partial charge in [0.15, 0.2) is 0 Å². The summed E-state index contributed by atoms with van der Waals surface area (Å²) in [7, 11) is 0. The van der Waals surface area contributed by atoms with Gasteiger partial charge in [-0.05, 0) is 56.1 Å². The molecule has 0 aromatic heterocycles. The summed E-state index contributed by atoms with van der Waals surface area (Å²) in [4.78, 5) is 0. The first kappa shape index (κ1) is 14.5. The van der Waals surface area contributed by atoms with Crippen molar-refractivity contribution in [1.29, 1.82) is 0 Å². The number of hydrogen-bond donors (Lipinski definition) is 1. The Morgan fingerprint density at radius 2 is 2.12 bits per heavy atom. The highest BCUT2D eigenvalue weighted by atomic mass is 79.9. The highest BCUT2D eigenvalue weighted by Gasteiger charge is 1.98. The SMILES string of the molecule is Cc1cc(OCCCNCC(C)C)ccc1Br. The van der Waals surface area contributed by atoms with Crippen LogP contribution < -0.4 is 10.1 Å². The number of benzene rings is 1. The fourth-order valence-electron chi connectivity index (χ4n) is 1.48. The average molecular weight is 300 g/mol. The molecule has 0 aliphatic rings. The molecule has 0 atom stereocenters. The van der Waals surface area contributed by atoms with Crippen molar-refractivity contribution in [2.45, 2.75) is 27.2 Å². The fraction of sp³-hybridized carbons (Fsp3) is 0.571. The van der Waals surface area contributed by atoms with Gasteiger partial charge in [-0.3, -0.25) is 0 Å². The average Bonchev–Trinajstić information content (AvgIpc) is 2.27. The van der Waals surface area contributed by atoms with Crippen LogP contribution in [0.4, 0.5) is 0 Å². The Balaban J connectivity index is 2.16. The third kappa shape index (κ3) is 6.08. The Labute approximate surface area is 113 Å². The second-order valence-electron chi connectivity index (χ2n) is 4.71. The molecule has 0 bridgehead atoms. The van der Waals surface area contributed by atoms with Crippen LogP contribution in [0.5, 0.6) is 5.75 Å². The van der Waals surface area contributed by atoms with Crippen LogP contribution in [0.2, 0.25) is 0 Å². The van der Waals surface area contributed by atoms with E-state index in [4.69, 9.17) is 4.74 Å². The molecule has 17 heavy (non-hydrogen) atoms. The minimum absolute atomic E-state index is 0.713. The van der Waals surface area contributed by atoms with Crippen molar-refractivity contribution < 1.29 is 4.74 Å². The Kier molecular flexibility index (Phi) is 6.60. The molecule has 0 radical (unpaired) electrons. The van der Waals surface area contributed by atoms with Crippen LogP contribution in [-0.2, 0) is 0 Å². The Hall–Kier alpha value is -0.540. The normalized spacial score (nSPS) is 10.9. The molecule has 0 fully saturated rings. The predicted octanol–water partition coefficient (Wildman–Crippen LogP) is 3.77. The van der Waals surface area contributed by atoms with Gasteiger partial charge in [-0.1, -0.05) is 29.8 Å². The van der Waals surface area contributed by atoms with E-state index in [-0.39, 0.29) is 0 Å². The lowest BCUT2D eigenvalue weighted by molar-refractivity contribution is 0.307. The molecule has 1 N–H and O–H groups in total. The first-order valence-electron chi connectivity index (χ1n) is 6.19. The van der Waals surface area contributed by atoms with Crippen molar-refractivity contribution in [2.75, 3.05) is 19.7 Å². The van der Waals surface area contributed by atoms with Gasteiger partial charge in [-0.25, -0.2) is 0 Å². The number of ether oxygens (including phenoxy) is 1. The highest BCUT2D eigenvalue weighted by molar-refractivity contribution is 9.10. The molecule has 0 unspecified atom stereocenters. The first-order chi connectivity index (χ1) is 8.09. The van der Waals surface area contributed by atoms with Crippen LogP contribution in [0.15, 0.2) is 22.7 Å². The standard InChI is InChI=1S/C14H22BrNO/c1-11(2)10-16-7-4-8-17-13-5-6-14(15)12(3)9-13/h5-6,9,11,16H,4,7-8,10H2,1-3H3. The summed E-state index contributed by atoms with van der Waals surface area (Å²) in [5.41, 5.74) is 1.21. The topological polar surface area (TPSA) is 21.3 Å². The second-order valence-corrected chi connectivity index (χ2v) is 5.57. The lowest BCUT2D eigenvalue weighted by Crippen LogP contribution is -2.22. The van der Waals surface area contributed by atoms with Crippen LogP contribution in [0.25, 0.3) is 0 Å². The summed E-state index contributed by atoms with van der Waals surface area (Å²) >= 11 is 3.48. The van der Waals surface area contributed by atoms with E-state index in [1.807, 2.05) is 12.1 Å². The number of aryl methyl sites for hydroxylation is 1. The number of halogens is 1. The number of rotatable bonds is 7. The van der Waals surface area contributed by atoms with Gasteiger partial charge < -0.3 is 10.1 Å². The van der Waals surface area contributed by atoms with E-state index in [1.165, 1.54) is 5.56 Å². The zero-order chi connectivity index (χ0) is 12.7. The summed E-state index contributed by atoms with van der Waals surface area (Å²) in [5.74, 6) is 1.67. The lowest BCUT2D eigenvalue weighted by Gasteiger charge is -2.09. The monoisotopic (exact) mass is 299 g/mol. The molecule has 0 saturated carbocycles. The van der Waals surface area contributed by atoms with Gasteiger partial charge >= 0.3 is 0 Å². The van der Waals surface area contributed by atoms with Crippen LogP contribution in [-0.4, -0.2) is 19.7 Å². The quantitative estimate of drug-likeness (QED) is 0.774. The van der Waals surface area contributed by atoms with Gasteiger partial charge in [0.1, 0.15) is 5.75 Å². The Morgan fingerprint density at radius 3 is 2.76 bits per heavy atom. The summed E-state index contributed by atoms with van der Waals surface area (Å²) < 4.78 is 6.82. The third-order valence-electron chi connectivity index (χ3n) is 2.45. The summed E-state index contributed by atoms with van der Waals surface area (Å²) in [6, 6.07) is 6.09. The maximum absolute atomic E-state index is 5.69. The molecule has 2 nitrogen and oxygen atoms in total. The molecule has 0 saturated heterocycles. The second kappa shape index (κ2) is 7.72. The van der Waals surface area contributed by atoms with E-state index in [0.717, 1.165) is 36.3 Å². The number of nitrogens with one attached hydrogen (secondary N) is 1. The van der Waals surface area contributed by atoms with Gasteiger partial charge in [0.2, 0.25) is 0 Å². The van der Waals surface area contributed by atoms with Crippen molar-refractivity contribution in [3.8, 4) is 5.75 Å². The van der Waals surface area contributed by atoms with Crippen molar-refractivity contribution in [1.82, 2.24) is 5.32 Å². The summed E-state index contributed by atoms with van der Waals surface area (Å²) in [6.07, 6.45) is 1.04. The Bertz CT molecular complexity index is 339. The molecular formula is C14H22BrNO. The minimum Gasteiger partial charge on any atom is -0.494 e. The van der Waals surface area contributed by atoms with E-state index >= 15 is 0 Å². The van der Waals surface area contributed by atoms with Crippen molar-refractivity contribution >= 4 is 15.9 Å². The molecule has 1 aromatic carbocycles. The van der Waals surface area contributed by atoms with Gasteiger partial charge in [0.25, 0.3) is 0 Å². The van der Waals surface area contributed by atoms with Crippen molar-refractivity contribution in [3.63, 3.8) is 0 Å². The molecule has 0 heterocycles. The van der Waals surface area contributed by atoms with Gasteiger partial charge in [-0.15, -0.1) is 0 Å². The molecule has 1 rings (SSSR count). The largest absolute Gasteiger partial charge is 0.494 e. The lowest BCUT2D eigenvalue weighted by atomic mass is 10.2. The van der Waals surface area contributed by atoms with E-state index in [9.17, 15) is 0 Å². The zero-order valence-corrected chi connectivity index (χ0v) is 12.5. The van der Waals surface area contributed by atoms with E-state index in [0.29, 0.717) is 5.92 Å². The molecule has 96 valence electrons. The predicted molar refractivity (Wildman–Crippen MR) is 76.7 cm³/mol. The van der Waals surface area contributed by atoms with Crippen LogP contribution in [0, 0.1) is 12.8 Å². The van der Waals surface area contributed by atoms with Crippen LogP contribution >= 0.6 is 15.9 Å². The van der Waals surface area contributed by atoms with Crippen molar-refractivity contribution in [3.05, 3.63) is 28.2 Å². The van der Waals surface area contributed by atoms with Crippen LogP contribution in [0.1, 0.15) is 25.8 Å². The molecule has 0 spiro atoms. The van der Waals surface area contributed by atoms with E-state index < -0.39 is 0 Å². The minimum atomic E-state index is 0.713. The molecule has 0 amide bonds. The maximum Gasteiger partial charge on any atom is 0.119 e. The Morgan fingerprint density at radius 1 is 1.35 bits per heavy atom. The fourth-order valence-corrected chi connectivity index (χ4v) is 1.73. The molecule has 3 heteroatoms. The zero-order valence-electron chi connectivity index (χ0n) is 10.9. The highest BCUT2D eigenvalue weighted by Crippen LogP contribution is 2.21. The molecule has 0 aliphatic carbocycles. The number of hydrogen-bond acceptors (Lipinski definition) is 2. The third-order valence-corrected chi connectivity index (χ3v) is 3.34. The van der Waals surface area contributed by atoms with E-state index in [2.05, 4.69) is 48.1 Å². The van der Waals surface area contributed by atoms with Crippen molar-refractivity contribution in [2.24, 2.45) is 5.92 Å². The van der Waals surface area contributed by atoms with Gasteiger partial charge in [0.05, 0.1) is 6.61 Å². The molecule has 1 aromatic rings. The maximum atomic E-state index is 5.69. The molecular weight excluding hydrogens is 278 g/mol. The van der Waals surface area contributed by atoms with Gasteiger partial charge in [-0.2, -0.15) is 0 Å². The first-order valence-corrected chi connectivity index (χ1v) is 6.98.